The predicted octanol–water partition coefficient (Wildman–Crippen LogP) is 8.01. The molecule has 3 atom stereocenters. The highest BCUT2D eigenvalue weighted by Crippen LogP contribution is 2.45. The molecule has 2 aromatic carbocycles. The monoisotopic (exact) mass is 501 g/mol. The molecule has 1 heterocycles. The highest BCUT2D eigenvalue weighted by atomic mass is 16.7. The zero-order chi connectivity index (χ0) is 25.7. The van der Waals surface area contributed by atoms with Crippen molar-refractivity contribution >= 4 is 0 Å². The summed E-state index contributed by atoms with van der Waals surface area (Å²) in [6, 6.07) is 21.7. The van der Waals surface area contributed by atoms with Gasteiger partial charge in [-0.15, -0.1) is 0 Å². The highest BCUT2D eigenvalue weighted by Gasteiger charge is 2.46. The maximum absolute atomic E-state index is 6.78. The average Bonchev–Trinajstić information content (AvgIpc) is 3.29. The fourth-order valence-electron chi connectivity index (χ4n) is 6.98. The molecule has 2 aromatic rings. The zero-order valence-electron chi connectivity index (χ0n) is 23.1. The summed E-state index contributed by atoms with van der Waals surface area (Å²) in [4.78, 5) is 2.58. The number of benzene rings is 2. The first-order valence-electron chi connectivity index (χ1n) is 14.8. The summed E-state index contributed by atoms with van der Waals surface area (Å²) in [6.45, 7) is 12.9. The molecule has 0 radical (unpaired) electrons. The molecule has 0 bridgehead atoms. The van der Waals surface area contributed by atoms with Gasteiger partial charge in [-0.25, -0.2) is 0 Å². The van der Waals surface area contributed by atoms with Crippen LogP contribution < -0.4 is 0 Å². The van der Waals surface area contributed by atoms with Gasteiger partial charge in [0.15, 0.2) is 5.79 Å². The van der Waals surface area contributed by atoms with E-state index in [1.54, 1.807) is 0 Å². The van der Waals surface area contributed by atoms with Gasteiger partial charge in [-0.1, -0.05) is 99.5 Å². The van der Waals surface area contributed by atoms with Crippen molar-refractivity contribution in [1.82, 2.24) is 4.90 Å². The van der Waals surface area contributed by atoms with Gasteiger partial charge in [0.1, 0.15) is 0 Å². The van der Waals surface area contributed by atoms with Gasteiger partial charge in [0.05, 0.1) is 12.7 Å². The summed E-state index contributed by atoms with van der Waals surface area (Å²) in [5.74, 6) is 2.53. The third kappa shape index (κ3) is 7.13. The molecule has 1 aliphatic heterocycles. The third-order valence-electron chi connectivity index (χ3n) is 9.28. The highest BCUT2D eigenvalue weighted by molar-refractivity contribution is 5.18. The molecule has 1 saturated heterocycles. The minimum absolute atomic E-state index is 0.261. The average molecular weight is 502 g/mol. The second-order valence-electron chi connectivity index (χ2n) is 12.4. The summed E-state index contributed by atoms with van der Waals surface area (Å²) in [5, 5.41) is 0. The topological polar surface area (TPSA) is 21.7 Å². The number of hydrogen-bond donors (Lipinski definition) is 0. The maximum atomic E-state index is 6.78. The molecule has 37 heavy (non-hydrogen) atoms. The first kappa shape index (κ1) is 26.7. The van der Waals surface area contributed by atoms with Crippen molar-refractivity contribution in [3.63, 3.8) is 0 Å². The van der Waals surface area contributed by atoms with Crippen molar-refractivity contribution in [3.8, 4) is 0 Å². The predicted molar refractivity (Wildman–Crippen MR) is 152 cm³/mol. The molecule has 1 spiro atoms. The van der Waals surface area contributed by atoms with Gasteiger partial charge in [-0.2, -0.15) is 0 Å². The Morgan fingerprint density at radius 2 is 1.54 bits per heavy atom. The van der Waals surface area contributed by atoms with Crippen LogP contribution in [-0.2, 0) is 22.6 Å². The molecular formula is C34H47NO2. The van der Waals surface area contributed by atoms with Crippen LogP contribution in [0.15, 0.2) is 72.8 Å². The molecular weight excluding hydrogens is 454 g/mol. The van der Waals surface area contributed by atoms with Crippen LogP contribution in [0.4, 0.5) is 0 Å². The standard InChI is InChI=1S/C34H47NO2/c1-26(2)31-16-14-28(15-17-31)20-33-25-36-34(37-33)19-18-27(3)32(21-34)24-35(22-29-10-6-4-7-11-29)23-30-12-8-5-9-13-30/h4-13,26,28,31-33H,3,14-25H2,1-2H3. The van der Waals surface area contributed by atoms with E-state index in [1.807, 2.05) is 0 Å². The van der Waals surface area contributed by atoms with Gasteiger partial charge in [-0.3, -0.25) is 4.90 Å². The lowest BCUT2D eigenvalue weighted by Gasteiger charge is -2.40. The largest absolute Gasteiger partial charge is 0.347 e. The first-order chi connectivity index (χ1) is 18.0. The summed E-state index contributed by atoms with van der Waals surface area (Å²) in [6.07, 6.45) is 9.83. The molecule has 3 fully saturated rings. The Balaban J connectivity index is 1.20. The zero-order valence-corrected chi connectivity index (χ0v) is 23.1. The Morgan fingerprint density at radius 1 is 0.919 bits per heavy atom. The van der Waals surface area contributed by atoms with Gasteiger partial charge in [0, 0.05) is 32.5 Å². The third-order valence-corrected chi connectivity index (χ3v) is 9.28. The van der Waals surface area contributed by atoms with Gasteiger partial charge in [0.2, 0.25) is 0 Å². The summed E-state index contributed by atoms with van der Waals surface area (Å²) in [5.41, 5.74) is 4.07. The van der Waals surface area contributed by atoms with Crippen LogP contribution in [0.3, 0.4) is 0 Å². The molecule has 5 rings (SSSR count). The van der Waals surface area contributed by atoms with Gasteiger partial charge in [-0.05, 0) is 60.5 Å². The van der Waals surface area contributed by atoms with Crippen molar-refractivity contribution in [2.45, 2.75) is 90.2 Å². The number of nitrogens with zero attached hydrogens (tertiary/aromatic N) is 1. The molecule has 2 aliphatic carbocycles. The van der Waals surface area contributed by atoms with Crippen molar-refractivity contribution in [3.05, 3.63) is 83.9 Å². The van der Waals surface area contributed by atoms with Crippen LogP contribution >= 0.6 is 0 Å². The van der Waals surface area contributed by atoms with E-state index in [2.05, 4.69) is 86.0 Å². The second-order valence-corrected chi connectivity index (χ2v) is 12.4. The minimum atomic E-state index is -0.406. The van der Waals surface area contributed by atoms with Crippen molar-refractivity contribution in [2.24, 2.45) is 23.7 Å². The molecule has 200 valence electrons. The Morgan fingerprint density at radius 3 is 2.14 bits per heavy atom. The van der Waals surface area contributed by atoms with Crippen LogP contribution in [-0.4, -0.2) is 29.9 Å². The minimum Gasteiger partial charge on any atom is -0.347 e. The molecule has 0 N–H and O–H groups in total. The molecule has 3 nitrogen and oxygen atoms in total. The van der Waals surface area contributed by atoms with Crippen molar-refractivity contribution < 1.29 is 9.47 Å². The van der Waals surface area contributed by atoms with E-state index in [-0.39, 0.29) is 6.10 Å². The van der Waals surface area contributed by atoms with Gasteiger partial charge < -0.3 is 9.47 Å². The molecule has 2 saturated carbocycles. The van der Waals surface area contributed by atoms with Crippen LogP contribution in [0.5, 0.6) is 0 Å². The molecule has 3 heteroatoms. The van der Waals surface area contributed by atoms with Crippen molar-refractivity contribution in [1.29, 1.82) is 0 Å². The Hall–Kier alpha value is -1.94. The van der Waals surface area contributed by atoms with Gasteiger partial charge >= 0.3 is 0 Å². The van der Waals surface area contributed by atoms with Crippen LogP contribution in [0.1, 0.15) is 76.3 Å². The fourth-order valence-corrected chi connectivity index (χ4v) is 6.98. The van der Waals surface area contributed by atoms with E-state index < -0.39 is 5.79 Å². The maximum Gasteiger partial charge on any atom is 0.169 e. The van der Waals surface area contributed by atoms with Crippen LogP contribution in [0.2, 0.25) is 0 Å². The number of ether oxygens (including phenoxy) is 2. The van der Waals surface area contributed by atoms with E-state index in [0.29, 0.717) is 5.92 Å². The quantitative estimate of drug-likeness (QED) is 0.325. The van der Waals surface area contributed by atoms with Crippen LogP contribution in [0.25, 0.3) is 0 Å². The smallest absolute Gasteiger partial charge is 0.169 e. The summed E-state index contributed by atoms with van der Waals surface area (Å²) < 4.78 is 13.3. The molecule has 0 aromatic heterocycles. The number of rotatable bonds is 9. The van der Waals surface area contributed by atoms with E-state index in [9.17, 15) is 0 Å². The lowest BCUT2D eigenvalue weighted by Crippen LogP contribution is -2.42. The van der Waals surface area contributed by atoms with Crippen molar-refractivity contribution in [2.75, 3.05) is 13.2 Å². The molecule has 3 unspecified atom stereocenters. The van der Waals surface area contributed by atoms with E-state index in [1.165, 1.54) is 48.8 Å². The fraction of sp³-hybridized carbons (Fsp3) is 0.588. The Bertz CT molecular complexity index is 940. The molecule has 3 aliphatic rings. The Kier molecular flexibility index (Phi) is 8.85. The Labute approximate surface area is 225 Å². The van der Waals surface area contributed by atoms with Crippen LogP contribution in [0, 0.1) is 23.7 Å². The lowest BCUT2D eigenvalue weighted by atomic mass is 9.75. The normalized spacial score (nSPS) is 30.4. The first-order valence-corrected chi connectivity index (χ1v) is 14.8. The van der Waals surface area contributed by atoms with E-state index in [4.69, 9.17) is 9.47 Å². The SMILES string of the molecule is C=C1CCC2(CC1CN(Cc1ccccc1)Cc1ccccc1)OCC(CC1CCC(C(C)C)CC1)O2. The lowest BCUT2D eigenvalue weighted by molar-refractivity contribution is -0.192. The second kappa shape index (κ2) is 12.3. The summed E-state index contributed by atoms with van der Waals surface area (Å²) >= 11 is 0. The molecule has 0 amide bonds. The number of hydrogen-bond acceptors (Lipinski definition) is 3. The summed E-state index contributed by atoms with van der Waals surface area (Å²) in [7, 11) is 0. The van der Waals surface area contributed by atoms with E-state index in [0.717, 1.165) is 63.3 Å². The van der Waals surface area contributed by atoms with E-state index >= 15 is 0 Å². The van der Waals surface area contributed by atoms with Gasteiger partial charge in [0.25, 0.3) is 0 Å².